The molecule has 0 radical (unpaired) electrons. The van der Waals surface area contributed by atoms with Crippen LogP contribution in [0.5, 0.6) is 0 Å². The Labute approximate surface area is 140 Å². The molecule has 2 rings (SSSR count). The second-order valence-electron chi connectivity index (χ2n) is 5.17. The first-order valence-electron chi connectivity index (χ1n) is 7.25. The minimum atomic E-state index is -3.94. The summed E-state index contributed by atoms with van der Waals surface area (Å²) in [6, 6.07) is 17.8. The zero-order valence-corrected chi connectivity index (χ0v) is 13.9. The van der Waals surface area contributed by atoms with Crippen molar-refractivity contribution in [2.45, 2.75) is 12.2 Å². The third-order valence-electron chi connectivity index (χ3n) is 3.41. The SMILES string of the molecule is CC(C(=O)[O-])S(=O)(=O)CC(=NNc1ccccc1)c1ccccc1. The standard InChI is InChI=1S/C17H18N2O4S/c1-13(17(20)21)24(22,23)12-16(14-8-4-2-5-9-14)19-18-15-10-6-3-7-11-15/h2-11,13,18H,12H2,1H3,(H,20,21)/p-1. The van der Waals surface area contributed by atoms with Gasteiger partial charge in [0.1, 0.15) is 0 Å². The molecule has 0 bridgehead atoms. The summed E-state index contributed by atoms with van der Waals surface area (Å²) in [6.07, 6.45) is 0. The Morgan fingerprint density at radius 1 is 1.08 bits per heavy atom. The highest BCUT2D eigenvalue weighted by Crippen LogP contribution is 2.11. The van der Waals surface area contributed by atoms with Gasteiger partial charge in [0, 0.05) is 0 Å². The van der Waals surface area contributed by atoms with Gasteiger partial charge in [0.25, 0.3) is 0 Å². The number of hydrogen-bond donors (Lipinski definition) is 1. The first-order chi connectivity index (χ1) is 11.4. The van der Waals surface area contributed by atoms with Crippen LogP contribution in [0.25, 0.3) is 0 Å². The number of para-hydroxylation sites is 1. The Morgan fingerprint density at radius 3 is 2.17 bits per heavy atom. The van der Waals surface area contributed by atoms with E-state index in [2.05, 4.69) is 10.5 Å². The fourth-order valence-electron chi connectivity index (χ4n) is 1.92. The van der Waals surface area contributed by atoms with Crippen LogP contribution in [0.15, 0.2) is 65.8 Å². The molecule has 0 spiro atoms. The van der Waals surface area contributed by atoms with Gasteiger partial charge in [0.2, 0.25) is 0 Å². The lowest BCUT2D eigenvalue weighted by molar-refractivity contribution is -0.304. The van der Waals surface area contributed by atoms with Gasteiger partial charge in [-0.15, -0.1) is 0 Å². The highest BCUT2D eigenvalue weighted by Gasteiger charge is 2.25. The monoisotopic (exact) mass is 345 g/mol. The summed E-state index contributed by atoms with van der Waals surface area (Å²) in [5, 5.41) is 13.5. The van der Waals surface area contributed by atoms with E-state index in [9.17, 15) is 18.3 Å². The molecule has 0 aliphatic carbocycles. The van der Waals surface area contributed by atoms with Gasteiger partial charge in [-0.1, -0.05) is 48.5 Å². The van der Waals surface area contributed by atoms with E-state index in [4.69, 9.17) is 0 Å². The molecule has 126 valence electrons. The van der Waals surface area contributed by atoms with Gasteiger partial charge in [0.05, 0.1) is 28.4 Å². The van der Waals surface area contributed by atoms with Crippen LogP contribution >= 0.6 is 0 Å². The summed E-state index contributed by atoms with van der Waals surface area (Å²) >= 11 is 0. The summed E-state index contributed by atoms with van der Waals surface area (Å²) in [6.45, 7) is 1.10. The molecule has 1 N–H and O–H groups in total. The number of carboxylic acid groups (broad SMARTS) is 1. The van der Waals surface area contributed by atoms with Gasteiger partial charge < -0.3 is 9.90 Å². The van der Waals surface area contributed by atoms with E-state index in [0.29, 0.717) is 11.3 Å². The van der Waals surface area contributed by atoms with E-state index in [1.165, 1.54) is 0 Å². The molecule has 6 nitrogen and oxygen atoms in total. The largest absolute Gasteiger partial charge is 0.549 e. The molecule has 0 fully saturated rings. The summed E-state index contributed by atoms with van der Waals surface area (Å²) in [5.41, 5.74) is 4.31. The number of hydrazone groups is 1. The molecule has 0 amide bonds. The van der Waals surface area contributed by atoms with Crippen molar-refractivity contribution in [3.8, 4) is 0 Å². The minimum absolute atomic E-state index is 0.229. The summed E-state index contributed by atoms with van der Waals surface area (Å²) in [4.78, 5) is 10.9. The predicted molar refractivity (Wildman–Crippen MR) is 91.3 cm³/mol. The molecule has 0 heterocycles. The summed E-state index contributed by atoms with van der Waals surface area (Å²) < 4.78 is 24.5. The van der Waals surface area contributed by atoms with Gasteiger partial charge in [-0.2, -0.15) is 5.10 Å². The van der Waals surface area contributed by atoms with Crippen LogP contribution in [0.3, 0.4) is 0 Å². The lowest BCUT2D eigenvalue weighted by atomic mass is 10.1. The molecular formula is C17H17N2O4S-. The van der Waals surface area contributed by atoms with Crippen molar-refractivity contribution in [3.05, 3.63) is 66.2 Å². The number of carboxylic acids is 1. The average Bonchev–Trinajstić information content (AvgIpc) is 2.59. The lowest BCUT2D eigenvalue weighted by Gasteiger charge is -2.15. The Balaban J connectivity index is 2.32. The van der Waals surface area contributed by atoms with Gasteiger partial charge in [-0.25, -0.2) is 8.42 Å². The third-order valence-corrected chi connectivity index (χ3v) is 5.35. The number of carbonyl (C=O) groups is 1. The smallest absolute Gasteiger partial charge is 0.164 e. The minimum Gasteiger partial charge on any atom is -0.549 e. The van der Waals surface area contributed by atoms with Crippen LogP contribution in [0.2, 0.25) is 0 Å². The van der Waals surface area contributed by atoms with Crippen LogP contribution < -0.4 is 10.5 Å². The first-order valence-corrected chi connectivity index (χ1v) is 8.97. The van der Waals surface area contributed by atoms with E-state index in [1.807, 2.05) is 18.2 Å². The van der Waals surface area contributed by atoms with Crippen molar-refractivity contribution >= 4 is 27.2 Å². The topological polar surface area (TPSA) is 98.7 Å². The number of aliphatic carboxylic acids is 1. The highest BCUT2D eigenvalue weighted by atomic mass is 32.2. The maximum absolute atomic E-state index is 12.2. The maximum Gasteiger partial charge on any atom is 0.164 e. The van der Waals surface area contributed by atoms with Gasteiger partial charge in [-0.05, 0) is 24.6 Å². The molecule has 0 saturated heterocycles. The number of anilines is 1. The number of carbonyl (C=O) groups excluding carboxylic acids is 1. The maximum atomic E-state index is 12.2. The van der Waals surface area contributed by atoms with E-state index in [-0.39, 0.29) is 5.71 Å². The molecular weight excluding hydrogens is 328 g/mol. The number of hydrogen-bond acceptors (Lipinski definition) is 6. The van der Waals surface area contributed by atoms with Crippen LogP contribution in [0, 0.1) is 0 Å². The Morgan fingerprint density at radius 2 is 1.62 bits per heavy atom. The molecule has 0 aliphatic rings. The molecule has 1 atom stereocenters. The van der Waals surface area contributed by atoms with Crippen molar-refractivity contribution in [2.75, 3.05) is 11.2 Å². The second-order valence-corrected chi connectivity index (χ2v) is 7.49. The number of nitrogens with zero attached hydrogens (tertiary/aromatic N) is 1. The van der Waals surface area contributed by atoms with E-state index in [0.717, 1.165) is 6.92 Å². The van der Waals surface area contributed by atoms with E-state index in [1.54, 1.807) is 42.5 Å². The highest BCUT2D eigenvalue weighted by molar-refractivity contribution is 7.93. The molecule has 2 aromatic rings. The van der Waals surface area contributed by atoms with E-state index < -0.39 is 26.8 Å². The van der Waals surface area contributed by atoms with Crippen LogP contribution in [-0.2, 0) is 14.6 Å². The molecule has 0 aliphatic heterocycles. The molecule has 2 aromatic carbocycles. The van der Waals surface area contributed by atoms with Crippen LogP contribution in [0.4, 0.5) is 5.69 Å². The number of rotatable bonds is 7. The molecule has 24 heavy (non-hydrogen) atoms. The van der Waals surface area contributed by atoms with Gasteiger partial charge in [-0.3, -0.25) is 5.43 Å². The molecule has 0 aromatic heterocycles. The normalized spacial score (nSPS) is 13.3. The number of nitrogens with one attached hydrogen (secondary N) is 1. The Hall–Kier alpha value is -2.67. The number of benzene rings is 2. The second kappa shape index (κ2) is 7.74. The fourth-order valence-corrected chi connectivity index (χ4v) is 3.07. The summed E-state index contributed by atoms with van der Waals surface area (Å²) in [5.74, 6) is -2.13. The van der Waals surface area contributed by atoms with Crippen molar-refractivity contribution in [3.63, 3.8) is 0 Å². The van der Waals surface area contributed by atoms with E-state index >= 15 is 0 Å². The average molecular weight is 345 g/mol. The van der Waals surface area contributed by atoms with Crippen molar-refractivity contribution in [2.24, 2.45) is 5.10 Å². The zero-order valence-electron chi connectivity index (χ0n) is 13.0. The van der Waals surface area contributed by atoms with Crippen molar-refractivity contribution < 1.29 is 18.3 Å². The molecule has 7 heteroatoms. The van der Waals surface area contributed by atoms with Gasteiger partial charge >= 0.3 is 0 Å². The lowest BCUT2D eigenvalue weighted by Crippen LogP contribution is -2.41. The quantitative estimate of drug-likeness (QED) is 0.597. The third kappa shape index (κ3) is 4.66. The number of sulfone groups is 1. The van der Waals surface area contributed by atoms with Crippen molar-refractivity contribution in [1.82, 2.24) is 0 Å². The predicted octanol–water partition coefficient (Wildman–Crippen LogP) is 1.06. The van der Waals surface area contributed by atoms with Gasteiger partial charge in [0.15, 0.2) is 9.84 Å². The fraction of sp³-hybridized carbons (Fsp3) is 0.176. The summed E-state index contributed by atoms with van der Waals surface area (Å²) in [7, 11) is -3.94. The molecule has 0 saturated carbocycles. The van der Waals surface area contributed by atoms with Crippen molar-refractivity contribution in [1.29, 1.82) is 0 Å². The van der Waals surface area contributed by atoms with Crippen LogP contribution in [-0.4, -0.2) is 31.1 Å². The Bertz CT molecular complexity index is 818. The zero-order chi connectivity index (χ0) is 17.6. The Kier molecular flexibility index (Phi) is 5.70. The molecule has 1 unspecified atom stereocenters. The van der Waals surface area contributed by atoms with Crippen LogP contribution in [0.1, 0.15) is 12.5 Å². The first kappa shape index (κ1) is 17.7.